The van der Waals surface area contributed by atoms with Gasteiger partial charge in [-0.15, -0.1) is 0 Å². The van der Waals surface area contributed by atoms with Crippen LogP contribution in [0, 0.1) is 0 Å². The Labute approximate surface area is 189 Å². The summed E-state index contributed by atoms with van der Waals surface area (Å²) in [4.78, 5) is 29.2. The van der Waals surface area contributed by atoms with Gasteiger partial charge in [0, 0.05) is 11.4 Å². The molecule has 11 heteroatoms. The number of para-hydroxylation sites is 2. The second kappa shape index (κ2) is 9.94. The molecule has 1 heterocycles. The molecule has 0 unspecified atom stereocenters. The van der Waals surface area contributed by atoms with Crippen molar-refractivity contribution in [2.45, 2.75) is 25.2 Å². The summed E-state index contributed by atoms with van der Waals surface area (Å²) < 4.78 is 79.0. The highest BCUT2D eigenvalue weighted by molar-refractivity contribution is 6.07. The minimum Gasteiger partial charge on any atom is -0.321 e. The normalized spacial score (nSPS) is 11.7. The molecule has 0 spiro atoms. The van der Waals surface area contributed by atoms with E-state index in [0.29, 0.717) is 6.07 Å². The van der Waals surface area contributed by atoms with Gasteiger partial charge in [-0.25, -0.2) is 4.98 Å². The zero-order valence-electron chi connectivity index (χ0n) is 17.3. The first-order chi connectivity index (χ1) is 15.9. The van der Waals surface area contributed by atoms with Crippen molar-refractivity contribution in [2.75, 3.05) is 10.6 Å². The summed E-state index contributed by atoms with van der Waals surface area (Å²) in [6, 6.07) is 15.9. The number of carbonyl (C=O) groups excluding carboxylic acids is 2. The molecule has 0 aliphatic heterocycles. The Balaban J connectivity index is 2.10. The van der Waals surface area contributed by atoms with Crippen LogP contribution in [0.1, 0.15) is 32.1 Å². The van der Waals surface area contributed by atoms with Crippen molar-refractivity contribution in [1.29, 1.82) is 0 Å². The lowest BCUT2D eigenvalue weighted by molar-refractivity contribution is -0.127. The van der Waals surface area contributed by atoms with Crippen LogP contribution in [0.4, 0.5) is 37.7 Å². The van der Waals surface area contributed by atoms with Crippen molar-refractivity contribution in [2.24, 2.45) is 0 Å². The van der Waals surface area contributed by atoms with E-state index in [2.05, 4.69) is 15.6 Å². The maximum atomic E-state index is 13.2. The van der Waals surface area contributed by atoms with E-state index in [1.165, 1.54) is 24.3 Å². The molecule has 0 aliphatic carbocycles. The van der Waals surface area contributed by atoms with Crippen LogP contribution in [-0.2, 0) is 12.8 Å². The molecule has 178 valence electrons. The van der Waals surface area contributed by atoms with Gasteiger partial charge in [0.1, 0.15) is 11.4 Å². The Morgan fingerprint density at radius 3 is 1.32 bits per heavy atom. The number of halogens is 6. The number of amides is 2. The summed E-state index contributed by atoms with van der Waals surface area (Å²) >= 11 is 0. The second-order valence-electron chi connectivity index (χ2n) is 7.23. The highest BCUT2D eigenvalue weighted by Crippen LogP contribution is 2.29. The van der Waals surface area contributed by atoms with Gasteiger partial charge in [-0.1, -0.05) is 42.5 Å². The number of aromatic nitrogens is 1. The number of nitrogens with one attached hydrogen (secondary N) is 2. The molecule has 0 saturated heterocycles. The van der Waals surface area contributed by atoms with E-state index in [1.807, 2.05) is 0 Å². The molecular formula is C23H17F6N3O2. The van der Waals surface area contributed by atoms with Crippen LogP contribution in [0.25, 0.3) is 0 Å². The molecule has 0 atom stereocenters. The molecular weight excluding hydrogens is 464 g/mol. The van der Waals surface area contributed by atoms with Gasteiger partial charge in [-0.2, -0.15) is 26.3 Å². The fourth-order valence-corrected chi connectivity index (χ4v) is 3.12. The Bertz CT molecular complexity index is 1070. The zero-order chi connectivity index (χ0) is 24.9. The van der Waals surface area contributed by atoms with Crippen LogP contribution in [-0.4, -0.2) is 29.2 Å². The van der Waals surface area contributed by atoms with Crippen LogP contribution < -0.4 is 10.6 Å². The van der Waals surface area contributed by atoms with Crippen LogP contribution >= 0.6 is 0 Å². The third-order valence-corrected chi connectivity index (χ3v) is 4.46. The number of hydrogen-bond acceptors (Lipinski definition) is 3. The Morgan fingerprint density at radius 1 is 0.647 bits per heavy atom. The van der Waals surface area contributed by atoms with E-state index in [0.717, 1.165) is 0 Å². The molecule has 2 aromatic carbocycles. The third kappa shape index (κ3) is 7.06. The average molecular weight is 481 g/mol. The van der Waals surface area contributed by atoms with E-state index in [1.54, 1.807) is 36.4 Å². The Hall–Kier alpha value is -3.89. The van der Waals surface area contributed by atoms with E-state index < -0.39 is 59.5 Å². The highest BCUT2D eigenvalue weighted by atomic mass is 19.4. The summed E-state index contributed by atoms with van der Waals surface area (Å²) in [6.45, 7) is 0. The van der Waals surface area contributed by atoms with Crippen molar-refractivity contribution < 1.29 is 35.9 Å². The number of anilines is 2. The molecule has 3 aromatic rings. The smallest absolute Gasteiger partial charge is 0.321 e. The maximum absolute atomic E-state index is 13.2. The predicted molar refractivity (Wildman–Crippen MR) is 113 cm³/mol. The van der Waals surface area contributed by atoms with E-state index in [-0.39, 0.29) is 11.4 Å². The second-order valence-corrected chi connectivity index (χ2v) is 7.23. The van der Waals surface area contributed by atoms with Crippen molar-refractivity contribution in [3.05, 3.63) is 89.2 Å². The summed E-state index contributed by atoms with van der Waals surface area (Å²) in [6.07, 6.45) is -13.1. The summed E-state index contributed by atoms with van der Waals surface area (Å²) in [5.74, 6) is -2.20. The van der Waals surface area contributed by atoms with Crippen LogP contribution in [0.5, 0.6) is 0 Å². The number of hydrogen-bond donors (Lipinski definition) is 2. The van der Waals surface area contributed by atoms with Crippen LogP contribution in [0.15, 0.2) is 66.7 Å². The SMILES string of the molecule is O=C(Nc1ccccc1)c1nc(C(=O)Nc2ccccc2)c(CC(F)(F)F)cc1CC(F)(F)F. The summed E-state index contributed by atoms with van der Waals surface area (Å²) in [5, 5.41) is 4.69. The minimum atomic E-state index is -4.84. The van der Waals surface area contributed by atoms with Gasteiger partial charge in [-0.3, -0.25) is 9.59 Å². The highest BCUT2D eigenvalue weighted by Gasteiger charge is 2.35. The van der Waals surface area contributed by atoms with Crippen molar-refractivity contribution in [3.8, 4) is 0 Å². The summed E-state index contributed by atoms with van der Waals surface area (Å²) in [5.41, 5.74) is -2.72. The Kier molecular flexibility index (Phi) is 7.23. The molecule has 0 aliphatic rings. The predicted octanol–water partition coefficient (Wildman–Crippen LogP) is 5.80. The maximum Gasteiger partial charge on any atom is 0.393 e. The molecule has 0 radical (unpaired) electrons. The monoisotopic (exact) mass is 481 g/mol. The number of rotatable bonds is 6. The number of pyridine rings is 1. The zero-order valence-corrected chi connectivity index (χ0v) is 17.3. The lowest BCUT2D eigenvalue weighted by Gasteiger charge is -2.17. The number of carbonyl (C=O) groups is 2. The average Bonchev–Trinajstić information content (AvgIpc) is 2.73. The van der Waals surface area contributed by atoms with Crippen molar-refractivity contribution in [3.63, 3.8) is 0 Å². The van der Waals surface area contributed by atoms with Crippen molar-refractivity contribution in [1.82, 2.24) is 4.98 Å². The van der Waals surface area contributed by atoms with Crippen LogP contribution in [0.2, 0.25) is 0 Å². The van der Waals surface area contributed by atoms with Gasteiger partial charge in [-0.05, 0) is 35.4 Å². The molecule has 0 saturated carbocycles. The van der Waals surface area contributed by atoms with Gasteiger partial charge in [0.25, 0.3) is 11.8 Å². The first-order valence-electron chi connectivity index (χ1n) is 9.80. The molecule has 3 rings (SSSR count). The molecule has 1 aromatic heterocycles. The van der Waals surface area contributed by atoms with Gasteiger partial charge in [0.2, 0.25) is 0 Å². The summed E-state index contributed by atoms with van der Waals surface area (Å²) in [7, 11) is 0. The standard InChI is InChI=1S/C23H17F6N3O2/c24-22(25,26)12-14-11-15(13-23(27,28)29)19(21(34)31-17-9-5-2-6-10-17)32-18(14)20(33)30-16-7-3-1-4-8-16/h1-11H,12-13H2,(H,30,33)(H,31,34). The Morgan fingerprint density at radius 2 is 1.00 bits per heavy atom. The molecule has 2 N–H and O–H groups in total. The molecule has 2 amide bonds. The van der Waals surface area contributed by atoms with Crippen molar-refractivity contribution >= 4 is 23.2 Å². The van der Waals surface area contributed by atoms with Gasteiger partial charge in [0.05, 0.1) is 12.8 Å². The van der Waals surface area contributed by atoms with Crippen LogP contribution in [0.3, 0.4) is 0 Å². The first kappa shape index (κ1) is 24.7. The van der Waals surface area contributed by atoms with Gasteiger partial charge < -0.3 is 10.6 Å². The van der Waals surface area contributed by atoms with E-state index in [4.69, 9.17) is 0 Å². The molecule has 0 fully saturated rings. The largest absolute Gasteiger partial charge is 0.393 e. The number of nitrogens with zero attached hydrogens (tertiary/aromatic N) is 1. The van der Waals surface area contributed by atoms with E-state index >= 15 is 0 Å². The van der Waals surface area contributed by atoms with Gasteiger partial charge >= 0.3 is 12.4 Å². The number of alkyl halides is 6. The third-order valence-electron chi connectivity index (χ3n) is 4.46. The van der Waals surface area contributed by atoms with Gasteiger partial charge in [0.15, 0.2) is 0 Å². The lowest BCUT2D eigenvalue weighted by Crippen LogP contribution is -2.26. The minimum absolute atomic E-state index is 0.224. The first-order valence-corrected chi connectivity index (χ1v) is 9.80. The lowest BCUT2D eigenvalue weighted by atomic mass is 10.0. The van der Waals surface area contributed by atoms with E-state index in [9.17, 15) is 35.9 Å². The molecule has 34 heavy (non-hydrogen) atoms. The molecule has 0 bridgehead atoms. The molecule has 5 nitrogen and oxygen atoms in total. The topological polar surface area (TPSA) is 71.1 Å². The fourth-order valence-electron chi connectivity index (χ4n) is 3.12. The number of benzene rings is 2. The quantitative estimate of drug-likeness (QED) is 0.438. The fraction of sp³-hybridized carbons (Fsp3) is 0.174.